The number of hydrogen-bond donors (Lipinski definition) is 1. The first kappa shape index (κ1) is 7.18. The lowest BCUT2D eigenvalue weighted by atomic mass is 10.2. The summed E-state index contributed by atoms with van der Waals surface area (Å²) in [7, 11) is 0. The summed E-state index contributed by atoms with van der Waals surface area (Å²) in [6.45, 7) is 1.39. The zero-order chi connectivity index (χ0) is 7.68. The normalized spacial score (nSPS) is 16.5. The van der Waals surface area contributed by atoms with E-state index in [0.717, 1.165) is 25.2 Å². The molecule has 60 valence electrons. The summed E-state index contributed by atoms with van der Waals surface area (Å²) in [6, 6.07) is 0. The van der Waals surface area contributed by atoms with Crippen molar-refractivity contribution in [1.29, 1.82) is 0 Å². The number of halogens is 1. The summed E-state index contributed by atoms with van der Waals surface area (Å²) in [5, 5.41) is 3.82. The van der Waals surface area contributed by atoms with Gasteiger partial charge in [-0.1, -0.05) is 0 Å². The van der Waals surface area contributed by atoms with Crippen LogP contribution in [0.25, 0.3) is 0 Å². The van der Waals surface area contributed by atoms with E-state index in [2.05, 4.69) is 10.3 Å². The van der Waals surface area contributed by atoms with Gasteiger partial charge in [0.2, 0.25) is 0 Å². The Kier molecular flexibility index (Phi) is 1.87. The van der Waals surface area contributed by atoms with Crippen LogP contribution in [0.4, 0.5) is 4.39 Å². The Bertz CT molecular complexity index is 235. The highest BCUT2D eigenvalue weighted by Gasteiger charge is 2.13. The highest BCUT2D eigenvalue weighted by atomic mass is 32.1. The number of nitrogens with zero attached hydrogens (tertiary/aromatic N) is 1. The van der Waals surface area contributed by atoms with Gasteiger partial charge in [-0.2, -0.15) is 0 Å². The molecule has 0 amide bonds. The molecule has 1 aliphatic rings. The molecule has 11 heavy (non-hydrogen) atoms. The van der Waals surface area contributed by atoms with Gasteiger partial charge in [0, 0.05) is 18.0 Å². The zero-order valence-electron chi connectivity index (χ0n) is 6.06. The number of nitrogens with one attached hydrogen (secondary N) is 1. The van der Waals surface area contributed by atoms with E-state index in [-0.39, 0.29) is 0 Å². The maximum Gasteiger partial charge on any atom is 0.141 e. The number of thiazole rings is 1. The molecule has 0 atom stereocenters. The lowest BCUT2D eigenvalue weighted by molar-refractivity contribution is 0.482. The molecule has 0 unspecified atom stereocenters. The van der Waals surface area contributed by atoms with Crippen molar-refractivity contribution in [3.8, 4) is 0 Å². The van der Waals surface area contributed by atoms with E-state index in [1.54, 1.807) is 0 Å². The molecule has 0 fully saturated rings. The van der Waals surface area contributed by atoms with E-state index >= 15 is 0 Å². The van der Waals surface area contributed by atoms with Crippen LogP contribution in [0.3, 0.4) is 0 Å². The zero-order valence-corrected chi connectivity index (χ0v) is 6.88. The van der Waals surface area contributed by atoms with E-state index < -0.39 is 6.67 Å². The molecule has 1 aromatic heterocycles. The maximum absolute atomic E-state index is 12.1. The first-order chi connectivity index (χ1) is 5.40. The van der Waals surface area contributed by atoms with Crippen LogP contribution in [-0.4, -0.2) is 11.5 Å². The van der Waals surface area contributed by atoms with Crippen molar-refractivity contribution < 1.29 is 4.39 Å². The van der Waals surface area contributed by atoms with Crippen LogP contribution in [0, 0.1) is 0 Å². The van der Waals surface area contributed by atoms with Crippen molar-refractivity contribution in [1.82, 2.24) is 10.3 Å². The molecular weight excluding hydrogens is 163 g/mol. The second-order valence-corrected chi connectivity index (χ2v) is 3.71. The molecule has 1 aliphatic heterocycles. The van der Waals surface area contributed by atoms with Crippen molar-refractivity contribution in [3.63, 3.8) is 0 Å². The lowest BCUT2D eigenvalue weighted by Crippen LogP contribution is -2.22. The van der Waals surface area contributed by atoms with E-state index in [1.165, 1.54) is 16.2 Å². The molecule has 0 bridgehead atoms. The molecule has 0 spiro atoms. The Labute approximate surface area is 68.5 Å². The fourth-order valence-corrected chi connectivity index (χ4v) is 2.17. The second-order valence-electron chi connectivity index (χ2n) is 2.54. The Morgan fingerprint density at radius 2 is 2.55 bits per heavy atom. The van der Waals surface area contributed by atoms with Crippen molar-refractivity contribution in [2.75, 3.05) is 6.54 Å². The van der Waals surface area contributed by atoms with Crippen molar-refractivity contribution in [2.45, 2.75) is 19.6 Å². The Morgan fingerprint density at radius 3 is 3.27 bits per heavy atom. The van der Waals surface area contributed by atoms with Gasteiger partial charge < -0.3 is 5.32 Å². The summed E-state index contributed by atoms with van der Waals surface area (Å²) in [5.41, 5.74) is 1.05. The topological polar surface area (TPSA) is 24.9 Å². The van der Waals surface area contributed by atoms with Crippen molar-refractivity contribution in [3.05, 3.63) is 15.6 Å². The first-order valence-electron chi connectivity index (χ1n) is 3.64. The highest BCUT2D eigenvalue weighted by molar-refractivity contribution is 7.11. The van der Waals surface area contributed by atoms with Crippen LogP contribution in [0.2, 0.25) is 0 Å². The summed E-state index contributed by atoms with van der Waals surface area (Å²) in [5.74, 6) is 0. The molecule has 0 aromatic carbocycles. The highest BCUT2D eigenvalue weighted by Crippen LogP contribution is 2.21. The molecule has 1 aromatic rings. The van der Waals surface area contributed by atoms with Gasteiger partial charge in [-0.25, -0.2) is 9.37 Å². The van der Waals surface area contributed by atoms with E-state index in [1.807, 2.05) is 0 Å². The van der Waals surface area contributed by atoms with Crippen LogP contribution in [0.1, 0.15) is 15.6 Å². The number of rotatable bonds is 1. The number of hydrogen-bond acceptors (Lipinski definition) is 3. The largest absolute Gasteiger partial charge is 0.311 e. The predicted molar refractivity (Wildman–Crippen MR) is 42.3 cm³/mol. The van der Waals surface area contributed by atoms with Crippen molar-refractivity contribution >= 4 is 11.3 Å². The third-order valence-corrected chi connectivity index (χ3v) is 2.88. The smallest absolute Gasteiger partial charge is 0.141 e. The Balaban J connectivity index is 2.32. The van der Waals surface area contributed by atoms with Gasteiger partial charge in [-0.15, -0.1) is 11.3 Å². The molecule has 4 heteroatoms. The number of aromatic nitrogens is 1. The van der Waals surface area contributed by atoms with Gasteiger partial charge in [0.1, 0.15) is 11.7 Å². The molecule has 0 saturated carbocycles. The molecule has 1 N–H and O–H groups in total. The molecule has 0 aliphatic carbocycles. The van der Waals surface area contributed by atoms with Crippen molar-refractivity contribution in [2.24, 2.45) is 0 Å². The standard InChI is InChI=1S/C7H9FN2S/c8-3-7-10-5-4-9-2-1-6(5)11-7/h9H,1-4H2. The first-order valence-corrected chi connectivity index (χ1v) is 4.46. The minimum Gasteiger partial charge on any atom is -0.311 e. The van der Waals surface area contributed by atoms with Crippen LogP contribution in [0.5, 0.6) is 0 Å². The lowest BCUT2D eigenvalue weighted by Gasteiger charge is -2.09. The molecule has 2 rings (SSSR count). The predicted octanol–water partition coefficient (Wildman–Crippen LogP) is 1.26. The van der Waals surface area contributed by atoms with E-state index in [9.17, 15) is 4.39 Å². The van der Waals surface area contributed by atoms with Gasteiger partial charge >= 0.3 is 0 Å². The number of fused-ring (bicyclic) bond motifs is 1. The minimum atomic E-state index is -0.419. The third kappa shape index (κ3) is 1.28. The monoisotopic (exact) mass is 172 g/mol. The quantitative estimate of drug-likeness (QED) is 0.689. The van der Waals surface area contributed by atoms with Crippen LogP contribution in [0.15, 0.2) is 0 Å². The summed E-state index contributed by atoms with van der Waals surface area (Å²) >= 11 is 1.51. The fourth-order valence-electron chi connectivity index (χ4n) is 1.24. The van der Waals surface area contributed by atoms with Crippen LogP contribution in [-0.2, 0) is 19.6 Å². The Hall–Kier alpha value is -0.480. The molecular formula is C7H9FN2S. The Morgan fingerprint density at radius 1 is 1.64 bits per heavy atom. The SMILES string of the molecule is FCc1nc2c(s1)CCNC2. The van der Waals surface area contributed by atoms with E-state index in [4.69, 9.17) is 0 Å². The molecule has 2 nitrogen and oxygen atoms in total. The molecule has 0 saturated heterocycles. The van der Waals surface area contributed by atoms with Gasteiger partial charge in [-0.05, 0) is 6.42 Å². The minimum absolute atomic E-state index is 0.419. The van der Waals surface area contributed by atoms with Gasteiger partial charge in [0.15, 0.2) is 0 Å². The number of alkyl halides is 1. The molecule has 0 radical (unpaired) electrons. The summed E-state index contributed by atoms with van der Waals surface area (Å²) in [6.07, 6.45) is 1.01. The van der Waals surface area contributed by atoms with Crippen LogP contribution < -0.4 is 5.32 Å². The van der Waals surface area contributed by atoms with Gasteiger partial charge in [0.25, 0.3) is 0 Å². The second kappa shape index (κ2) is 2.87. The summed E-state index contributed by atoms with van der Waals surface area (Å²) in [4.78, 5) is 5.41. The van der Waals surface area contributed by atoms with E-state index in [0.29, 0.717) is 5.01 Å². The summed E-state index contributed by atoms with van der Waals surface area (Å²) < 4.78 is 12.1. The average molecular weight is 172 g/mol. The van der Waals surface area contributed by atoms with Gasteiger partial charge in [0.05, 0.1) is 5.69 Å². The third-order valence-electron chi connectivity index (χ3n) is 1.76. The van der Waals surface area contributed by atoms with Crippen LogP contribution >= 0.6 is 11.3 Å². The van der Waals surface area contributed by atoms with Gasteiger partial charge in [-0.3, -0.25) is 0 Å². The molecule has 2 heterocycles. The average Bonchev–Trinajstić information content (AvgIpc) is 2.46. The maximum atomic E-state index is 12.1. The fraction of sp³-hybridized carbons (Fsp3) is 0.571.